The Bertz CT molecular complexity index is 297. The summed E-state index contributed by atoms with van der Waals surface area (Å²) in [5.41, 5.74) is -0.437. The highest BCUT2D eigenvalue weighted by Crippen LogP contribution is 2.31. The first-order valence-corrected chi connectivity index (χ1v) is 6.59. The third kappa shape index (κ3) is 2.27. The van der Waals surface area contributed by atoms with Crippen LogP contribution in [0.5, 0.6) is 0 Å². The monoisotopic (exact) mass is 221 g/mol. The average molecular weight is 221 g/mol. The van der Waals surface area contributed by atoms with Crippen molar-refractivity contribution in [3.05, 3.63) is 0 Å². The third-order valence-corrected chi connectivity index (χ3v) is 4.82. The van der Waals surface area contributed by atoms with E-state index in [1.807, 2.05) is 20.8 Å². The normalized spacial score (nSPS) is 28.1. The van der Waals surface area contributed by atoms with Crippen molar-refractivity contribution in [2.45, 2.75) is 45.3 Å². The summed E-state index contributed by atoms with van der Waals surface area (Å²) in [6.07, 6.45) is 0.623. The molecular weight excluding hydrogens is 202 g/mol. The summed E-state index contributed by atoms with van der Waals surface area (Å²) >= 11 is 0. The van der Waals surface area contributed by atoms with E-state index in [-0.39, 0.29) is 12.3 Å². The summed E-state index contributed by atoms with van der Waals surface area (Å²) < 4.78 is 25.1. The summed E-state index contributed by atoms with van der Waals surface area (Å²) in [6, 6.07) is 0. The highest BCUT2D eigenvalue weighted by molar-refractivity contribution is 7.89. The van der Waals surface area contributed by atoms with Gasteiger partial charge in [-0.2, -0.15) is 4.31 Å². The van der Waals surface area contributed by atoms with Crippen LogP contribution in [0.1, 0.15) is 33.6 Å². The Morgan fingerprint density at radius 3 is 2.43 bits per heavy atom. The molecule has 0 radical (unpaired) electrons. The fourth-order valence-electron chi connectivity index (χ4n) is 2.04. The van der Waals surface area contributed by atoms with Crippen molar-refractivity contribution in [3.8, 4) is 0 Å². The van der Waals surface area contributed by atoms with Gasteiger partial charge in [-0.3, -0.25) is 0 Å². The first-order valence-electron chi connectivity index (χ1n) is 4.98. The van der Waals surface area contributed by atoms with Gasteiger partial charge in [0.1, 0.15) is 0 Å². The predicted molar refractivity (Wildman–Crippen MR) is 55.5 cm³/mol. The summed E-state index contributed by atoms with van der Waals surface area (Å²) in [5.74, 6) is 0.170. The van der Waals surface area contributed by atoms with Crippen LogP contribution >= 0.6 is 0 Å². The van der Waals surface area contributed by atoms with E-state index >= 15 is 0 Å². The maximum atomic E-state index is 11.8. The molecule has 1 rings (SSSR count). The van der Waals surface area contributed by atoms with E-state index in [9.17, 15) is 13.5 Å². The fourth-order valence-corrected chi connectivity index (χ4v) is 4.00. The second-order valence-corrected chi connectivity index (χ2v) is 6.53. The van der Waals surface area contributed by atoms with Crippen LogP contribution in [0.2, 0.25) is 0 Å². The molecule has 1 aliphatic rings. The van der Waals surface area contributed by atoms with E-state index in [4.69, 9.17) is 0 Å². The van der Waals surface area contributed by atoms with Crippen molar-refractivity contribution in [1.82, 2.24) is 4.31 Å². The fraction of sp³-hybridized carbons (Fsp3) is 1.00. The number of aliphatic hydroxyl groups is 1. The number of aliphatic hydroxyl groups excluding tert-OH is 1. The van der Waals surface area contributed by atoms with E-state index in [1.165, 1.54) is 4.31 Å². The molecule has 0 aliphatic carbocycles. The lowest BCUT2D eigenvalue weighted by Gasteiger charge is -2.29. The molecule has 14 heavy (non-hydrogen) atoms. The van der Waals surface area contributed by atoms with E-state index in [2.05, 4.69) is 0 Å². The van der Waals surface area contributed by atoms with Crippen LogP contribution in [0.3, 0.4) is 0 Å². The Morgan fingerprint density at radius 1 is 1.50 bits per heavy atom. The van der Waals surface area contributed by atoms with Gasteiger partial charge in [0, 0.05) is 12.1 Å². The first-order chi connectivity index (χ1) is 6.29. The number of hydrogen-bond acceptors (Lipinski definition) is 3. The quantitative estimate of drug-likeness (QED) is 0.758. The maximum Gasteiger partial charge on any atom is 0.214 e. The zero-order chi connectivity index (χ0) is 11.0. The van der Waals surface area contributed by atoms with Crippen molar-refractivity contribution in [2.75, 3.05) is 12.3 Å². The summed E-state index contributed by atoms with van der Waals surface area (Å²) in [4.78, 5) is 0. The van der Waals surface area contributed by atoms with Crippen LogP contribution in [-0.2, 0) is 10.0 Å². The number of sulfonamides is 1. The van der Waals surface area contributed by atoms with Crippen LogP contribution in [0.15, 0.2) is 0 Å². The van der Waals surface area contributed by atoms with Crippen LogP contribution in [0.4, 0.5) is 0 Å². The van der Waals surface area contributed by atoms with E-state index in [0.717, 1.165) is 0 Å². The maximum absolute atomic E-state index is 11.8. The van der Waals surface area contributed by atoms with Crippen molar-refractivity contribution < 1.29 is 13.5 Å². The van der Waals surface area contributed by atoms with Crippen molar-refractivity contribution in [2.24, 2.45) is 0 Å². The van der Waals surface area contributed by atoms with E-state index < -0.39 is 21.7 Å². The van der Waals surface area contributed by atoms with Gasteiger partial charge < -0.3 is 5.11 Å². The highest BCUT2D eigenvalue weighted by Gasteiger charge is 2.43. The minimum Gasteiger partial charge on any atom is -0.392 e. The molecule has 0 bridgehead atoms. The highest BCUT2D eigenvalue weighted by atomic mass is 32.2. The van der Waals surface area contributed by atoms with Gasteiger partial charge in [0.05, 0.1) is 11.9 Å². The van der Waals surface area contributed by atoms with Crippen molar-refractivity contribution in [1.29, 1.82) is 0 Å². The molecule has 1 saturated heterocycles. The molecule has 0 amide bonds. The predicted octanol–water partition coefficient (Wildman–Crippen LogP) is 0.571. The number of nitrogens with zero attached hydrogens (tertiary/aromatic N) is 1. The van der Waals surface area contributed by atoms with Gasteiger partial charge in [-0.25, -0.2) is 8.42 Å². The minimum atomic E-state index is -3.18. The standard InChI is InChI=1S/C9H19NO3S/c1-4-5-14(12,13)10-7-8(11)6-9(10,2)3/h8,11H,4-7H2,1-3H3. The second kappa shape index (κ2) is 3.79. The minimum absolute atomic E-state index is 0.170. The largest absolute Gasteiger partial charge is 0.392 e. The summed E-state index contributed by atoms with van der Waals surface area (Å²) in [6.45, 7) is 5.80. The molecule has 1 heterocycles. The zero-order valence-electron chi connectivity index (χ0n) is 9.02. The van der Waals surface area contributed by atoms with Gasteiger partial charge in [-0.05, 0) is 26.7 Å². The number of rotatable bonds is 3. The molecular formula is C9H19NO3S. The molecule has 1 fully saturated rings. The lowest BCUT2D eigenvalue weighted by atomic mass is 10.0. The average Bonchev–Trinajstić information content (AvgIpc) is 2.24. The molecule has 5 heteroatoms. The lowest BCUT2D eigenvalue weighted by Crippen LogP contribution is -2.43. The Morgan fingerprint density at radius 2 is 2.07 bits per heavy atom. The van der Waals surface area contributed by atoms with Gasteiger partial charge in [-0.15, -0.1) is 0 Å². The molecule has 84 valence electrons. The smallest absolute Gasteiger partial charge is 0.214 e. The van der Waals surface area contributed by atoms with Gasteiger partial charge in [0.2, 0.25) is 10.0 Å². The summed E-state index contributed by atoms with van der Waals surface area (Å²) in [5, 5.41) is 9.46. The van der Waals surface area contributed by atoms with Crippen LogP contribution in [0, 0.1) is 0 Å². The Hall–Kier alpha value is -0.130. The molecule has 0 spiro atoms. The van der Waals surface area contributed by atoms with Crippen molar-refractivity contribution in [3.63, 3.8) is 0 Å². The lowest BCUT2D eigenvalue weighted by molar-refractivity contribution is 0.187. The van der Waals surface area contributed by atoms with E-state index in [0.29, 0.717) is 12.8 Å². The number of hydrogen-bond donors (Lipinski definition) is 1. The van der Waals surface area contributed by atoms with Crippen LogP contribution in [-0.4, -0.2) is 41.8 Å². The van der Waals surface area contributed by atoms with Gasteiger partial charge >= 0.3 is 0 Å². The SMILES string of the molecule is CCCS(=O)(=O)N1CC(O)CC1(C)C. The van der Waals surface area contributed by atoms with Crippen LogP contribution < -0.4 is 0 Å². The molecule has 0 aromatic rings. The van der Waals surface area contributed by atoms with Crippen LogP contribution in [0.25, 0.3) is 0 Å². The number of β-amino-alcohol motifs (C(OH)–C–C–N with tert-alkyl or cyclic N) is 1. The first kappa shape index (κ1) is 11.9. The third-order valence-electron chi connectivity index (χ3n) is 2.58. The Labute approximate surface area is 86.0 Å². The molecule has 0 aromatic carbocycles. The molecule has 1 unspecified atom stereocenters. The molecule has 0 saturated carbocycles. The molecule has 4 nitrogen and oxygen atoms in total. The molecule has 1 aliphatic heterocycles. The van der Waals surface area contributed by atoms with Gasteiger partial charge in [-0.1, -0.05) is 6.92 Å². The van der Waals surface area contributed by atoms with Crippen molar-refractivity contribution >= 4 is 10.0 Å². The second-order valence-electron chi connectivity index (χ2n) is 4.52. The Balaban J connectivity index is 2.88. The zero-order valence-corrected chi connectivity index (χ0v) is 9.84. The van der Waals surface area contributed by atoms with E-state index in [1.54, 1.807) is 0 Å². The Kier molecular flexibility index (Phi) is 3.23. The molecule has 1 N–H and O–H groups in total. The molecule has 1 atom stereocenters. The topological polar surface area (TPSA) is 57.6 Å². The van der Waals surface area contributed by atoms with Gasteiger partial charge in [0.15, 0.2) is 0 Å². The summed E-state index contributed by atoms with van der Waals surface area (Å²) in [7, 11) is -3.18. The van der Waals surface area contributed by atoms with Gasteiger partial charge in [0.25, 0.3) is 0 Å². The molecule has 0 aromatic heterocycles.